The first-order valence-corrected chi connectivity index (χ1v) is 6.94. The van der Waals surface area contributed by atoms with Gasteiger partial charge in [0.25, 0.3) is 5.56 Å². The second kappa shape index (κ2) is 6.52. The van der Waals surface area contributed by atoms with Gasteiger partial charge in [0.2, 0.25) is 0 Å². The number of pyridine rings is 1. The zero-order valence-electron chi connectivity index (χ0n) is 11.6. The van der Waals surface area contributed by atoms with E-state index in [-0.39, 0.29) is 5.56 Å². The molecule has 0 aromatic carbocycles. The Labute approximate surface area is 122 Å². The van der Waals surface area contributed by atoms with Crippen LogP contribution >= 0.6 is 11.6 Å². The molecule has 0 unspecified atom stereocenters. The third kappa shape index (κ3) is 3.36. The summed E-state index contributed by atoms with van der Waals surface area (Å²) in [6.07, 6.45) is 3.34. The molecule has 0 aliphatic heterocycles. The summed E-state index contributed by atoms with van der Waals surface area (Å²) < 4.78 is 1.42. The Balaban J connectivity index is 2.24. The summed E-state index contributed by atoms with van der Waals surface area (Å²) in [5.74, 6) is 0. The molecule has 0 saturated heterocycles. The second-order valence-electron chi connectivity index (χ2n) is 4.37. The zero-order valence-corrected chi connectivity index (χ0v) is 12.3. The van der Waals surface area contributed by atoms with Crippen LogP contribution in [0.2, 0.25) is 5.15 Å². The highest BCUT2D eigenvalue weighted by Crippen LogP contribution is 2.10. The summed E-state index contributed by atoms with van der Waals surface area (Å²) in [5, 5.41) is 4.63. The molecule has 2 rings (SSSR count). The molecule has 0 saturated carbocycles. The Morgan fingerprint density at radius 1 is 1.30 bits per heavy atom. The van der Waals surface area contributed by atoms with Gasteiger partial charge in [0.1, 0.15) is 5.15 Å². The van der Waals surface area contributed by atoms with Crippen LogP contribution in [0.25, 0.3) is 0 Å². The van der Waals surface area contributed by atoms with Gasteiger partial charge in [-0.2, -0.15) is 5.10 Å². The lowest BCUT2D eigenvalue weighted by molar-refractivity contribution is 0.636. The van der Waals surface area contributed by atoms with Crippen LogP contribution in [0.1, 0.15) is 19.4 Å². The van der Waals surface area contributed by atoms with Gasteiger partial charge in [0.15, 0.2) is 0 Å². The monoisotopic (exact) mass is 292 g/mol. The Hall–Kier alpha value is -1.88. The normalized spacial score (nSPS) is 10.6. The molecule has 0 N–H and O–H groups in total. The van der Waals surface area contributed by atoms with E-state index in [9.17, 15) is 4.79 Å². The molecule has 0 aliphatic carbocycles. The van der Waals surface area contributed by atoms with E-state index in [4.69, 9.17) is 11.6 Å². The van der Waals surface area contributed by atoms with E-state index in [1.165, 1.54) is 4.68 Å². The lowest BCUT2D eigenvalue weighted by Crippen LogP contribution is -2.28. The summed E-state index contributed by atoms with van der Waals surface area (Å²) in [6.45, 7) is 6.19. The first-order chi connectivity index (χ1) is 9.63. The topological polar surface area (TPSA) is 51.0 Å². The lowest BCUT2D eigenvalue weighted by atomic mass is 10.3. The van der Waals surface area contributed by atoms with Crippen molar-refractivity contribution in [3.05, 3.63) is 51.7 Å². The summed E-state index contributed by atoms with van der Waals surface area (Å²) in [6, 6.07) is 5.16. The largest absolute Gasteiger partial charge is 0.371 e. The van der Waals surface area contributed by atoms with Gasteiger partial charge in [-0.15, -0.1) is 0 Å². The molecular formula is C14H17ClN4O. The van der Waals surface area contributed by atoms with Crippen molar-refractivity contribution >= 4 is 17.3 Å². The maximum Gasteiger partial charge on any atom is 0.269 e. The van der Waals surface area contributed by atoms with E-state index in [1.807, 2.05) is 19.9 Å². The average molecular weight is 293 g/mol. The van der Waals surface area contributed by atoms with Gasteiger partial charge in [0, 0.05) is 25.4 Å². The third-order valence-corrected chi connectivity index (χ3v) is 3.31. The summed E-state index contributed by atoms with van der Waals surface area (Å²) in [5.41, 5.74) is 1.63. The second-order valence-corrected chi connectivity index (χ2v) is 4.76. The van der Waals surface area contributed by atoms with Crippen LogP contribution in [0, 0.1) is 0 Å². The maximum atomic E-state index is 12.1. The first kappa shape index (κ1) is 14.5. The molecule has 2 heterocycles. The van der Waals surface area contributed by atoms with Crippen molar-refractivity contribution in [3.8, 4) is 0 Å². The fraction of sp³-hybridized carbons (Fsp3) is 0.357. The summed E-state index contributed by atoms with van der Waals surface area (Å²) in [7, 11) is 0. The molecule has 2 aromatic rings. The Morgan fingerprint density at radius 3 is 2.65 bits per heavy atom. The van der Waals surface area contributed by atoms with Crippen LogP contribution in [0.4, 0.5) is 5.69 Å². The van der Waals surface area contributed by atoms with Crippen molar-refractivity contribution in [1.29, 1.82) is 0 Å². The Bertz CT molecular complexity index is 637. The Kier molecular flexibility index (Phi) is 4.74. The number of halogens is 1. The van der Waals surface area contributed by atoms with E-state index in [0.717, 1.165) is 24.3 Å². The van der Waals surface area contributed by atoms with Gasteiger partial charge in [0.05, 0.1) is 18.4 Å². The predicted octanol–water partition coefficient (Wildman–Crippen LogP) is 2.19. The number of aromatic nitrogens is 3. The van der Waals surface area contributed by atoms with E-state index in [0.29, 0.717) is 11.7 Å². The molecule has 0 fully saturated rings. The molecule has 0 radical (unpaired) electrons. The highest BCUT2D eigenvalue weighted by molar-refractivity contribution is 6.29. The van der Waals surface area contributed by atoms with Crippen LogP contribution in [0.15, 0.2) is 35.4 Å². The molecule has 5 nitrogen and oxygen atoms in total. The molecular weight excluding hydrogens is 276 g/mol. The molecule has 106 valence electrons. The standard InChI is InChI=1S/C14H17ClN4O/c1-3-18(4-2)12-8-14(20)19(17-9-12)10-11-5-6-16-13(15)7-11/h5-9H,3-4,10H2,1-2H3. The Morgan fingerprint density at radius 2 is 2.05 bits per heavy atom. The number of nitrogens with zero attached hydrogens (tertiary/aromatic N) is 4. The third-order valence-electron chi connectivity index (χ3n) is 3.11. The molecule has 0 amide bonds. The van der Waals surface area contributed by atoms with Crippen LogP contribution in [-0.4, -0.2) is 27.9 Å². The van der Waals surface area contributed by atoms with Gasteiger partial charge in [-0.05, 0) is 31.5 Å². The minimum atomic E-state index is -0.123. The number of hydrogen-bond acceptors (Lipinski definition) is 4. The maximum absolute atomic E-state index is 12.1. The van der Waals surface area contributed by atoms with Crippen LogP contribution in [0.5, 0.6) is 0 Å². The van der Waals surface area contributed by atoms with Gasteiger partial charge >= 0.3 is 0 Å². The fourth-order valence-electron chi connectivity index (χ4n) is 2.02. The van der Waals surface area contributed by atoms with Crippen LogP contribution < -0.4 is 10.5 Å². The summed E-state index contributed by atoms with van der Waals surface area (Å²) in [4.78, 5) is 18.1. The lowest BCUT2D eigenvalue weighted by Gasteiger charge is -2.20. The molecule has 0 aliphatic rings. The highest BCUT2D eigenvalue weighted by atomic mass is 35.5. The molecule has 0 atom stereocenters. The van der Waals surface area contributed by atoms with Gasteiger partial charge in [-0.3, -0.25) is 4.79 Å². The minimum absolute atomic E-state index is 0.123. The minimum Gasteiger partial charge on any atom is -0.371 e. The molecule has 20 heavy (non-hydrogen) atoms. The SMILES string of the molecule is CCN(CC)c1cnn(Cc2ccnc(Cl)c2)c(=O)c1. The van der Waals surface area contributed by atoms with Crippen molar-refractivity contribution in [2.45, 2.75) is 20.4 Å². The average Bonchev–Trinajstić information content (AvgIpc) is 2.43. The summed E-state index contributed by atoms with van der Waals surface area (Å²) >= 11 is 5.83. The van der Waals surface area contributed by atoms with Crippen molar-refractivity contribution in [2.24, 2.45) is 0 Å². The van der Waals surface area contributed by atoms with Gasteiger partial charge in [-0.1, -0.05) is 11.6 Å². The van der Waals surface area contributed by atoms with E-state index in [2.05, 4.69) is 15.0 Å². The smallest absolute Gasteiger partial charge is 0.269 e. The first-order valence-electron chi connectivity index (χ1n) is 6.56. The van der Waals surface area contributed by atoms with E-state index < -0.39 is 0 Å². The van der Waals surface area contributed by atoms with Crippen LogP contribution in [0.3, 0.4) is 0 Å². The molecule has 0 spiro atoms. The molecule has 0 bridgehead atoms. The van der Waals surface area contributed by atoms with Gasteiger partial charge < -0.3 is 4.90 Å². The van der Waals surface area contributed by atoms with E-state index in [1.54, 1.807) is 24.5 Å². The van der Waals surface area contributed by atoms with E-state index >= 15 is 0 Å². The molecule has 2 aromatic heterocycles. The van der Waals surface area contributed by atoms with Gasteiger partial charge in [-0.25, -0.2) is 9.67 Å². The van der Waals surface area contributed by atoms with Crippen molar-refractivity contribution < 1.29 is 0 Å². The zero-order chi connectivity index (χ0) is 14.5. The quantitative estimate of drug-likeness (QED) is 0.793. The highest BCUT2D eigenvalue weighted by Gasteiger charge is 2.06. The number of hydrogen-bond donors (Lipinski definition) is 0. The van der Waals surface area contributed by atoms with Crippen molar-refractivity contribution in [3.63, 3.8) is 0 Å². The van der Waals surface area contributed by atoms with Crippen molar-refractivity contribution in [2.75, 3.05) is 18.0 Å². The predicted molar refractivity (Wildman–Crippen MR) is 80.4 cm³/mol. The van der Waals surface area contributed by atoms with Crippen molar-refractivity contribution in [1.82, 2.24) is 14.8 Å². The number of anilines is 1. The number of rotatable bonds is 5. The molecule has 6 heteroatoms. The fourth-order valence-corrected chi connectivity index (χ4v) is 2.21. The van der Waals surface area contributed by atoms with Crippen LogP contribution in [-0.2, 0) is 6.54 Å².